The second-order valence-corrected chi connectivity index (χ2v) is 7.41. The summed E-state index contributed by atoms with van der Waals surface area (Å²) in [6.45, 7) is 6.74. The number of carbonyl (C=O) groups is 2. The number of esters is 1. The highest BCUT2D eigenvalue weighted by Gasteiger charge is 2.44. The Kier molecular flexibility index (Phi) is 6.19. The average molecular weight is 348 g/mol. The molecule has 1 atom stereocenters. The minimum absolute atomic E-state index is 0.117. The molecule has 2 N–H and O–H groups in total. The van der Waals surface area contributed by atoms with Gasteiger partial charge in [0.25, 0.3) is 0 Å². The lowest BCUT2D eigenvalue weighted by atomic mass is 9.86. The van der Waals surface area contributed by atoms with E-state index in [0.717, 1.165) is 5.56 Å². The Labute approximate surface area is 149 Å². The SMILES string of the molecule is COC(=O)C(NC1(C(=O)NC(C)(C)C)CCOCC1)c1ccccc1. The van der Waals surface area contributed by atoms with E-state index in [1.54, 1.807) is 0 Å². The van der Waals surface area contributed by atoms with E-state index in [-0.39, 0.29) is 11.4 Å². The van der Waals surface area contributed by atoms with Crippen LogP contribution in [0.1, 0.15) is 45.2 Å². The zero-order chi connectivity index (χ0) is 18.5. The van der Waals surface area contributed by atoms with E-state index in [1.165, 1.54) is 7.11 Å². The monoisotopic (exact) mass is 348 g/mol. The molecule has 6 heteroatoms. The summed E-state index contributed by atoms with van der Waals surface area (Å²) in [5.74, 6) is -0.534. The number of ether oxygens (including phenoxy) is 2. The molecule has 1 aliphatic rings. The zero-order valence-electron chi connectivity index (χ0n) is 15.4. The van der Waals surface area contributed by atoms with Crippen molar-refractivity contribution in [3.8, 4) is 0 Å². The highest BCUT2D eigenvalue weighted by molar-refractivity contribution is 5.88. The molecule has 0 spiro atoms. The first kappa shape index (κ1) is 19.4. The molecule has 1 aliphatic heterocycles. The van der Waals surface area contributed by atoms with Crippen LogP contribution in [0.2, 0.25) is 0 Å². The lowest BCUT2D eigenvalue weighted by Crippen LogP contribution is -2.63. The first-order valence-electron chi connectivity index (χ1n) is 8.58. The van der Waals surface area contributed by atoms with Crippen molar-refractivity contribution in [2.75, 3.05) is 20.3 Å². The summed E-state index contributed by atoms with van der Waals surface area (Å²) in [6, 6.07) is 8.59. The van der Waals surface area contributed by atoms with Gasteiger partial charge in [-0.15, -0.1) is 0 Å². The summed E-state index contributed by atoms with van der Waals surface area (Å²) in [6.07, 6.45) is 0.991. The van der Waals surface area contributed by atoms with Gasteiger partial charge in [0, 0.05) is 18.8 Å². The van der Waals surface area contributed by atoms with E-state index in [1.807, 2.05) is 51.1 Å². The van der Waals surface area contributed by atoms with Crippen LogP contribution in [0, 0.1) is 0 Å². The third-order valence-corrected chi connectivity index (χ3v) is 4.26. The Morgan fingerprint density at radius 2 is 1.76 bits per heavy atom. The lowest BCUT2D eigenvalue weighted by Gasteiger charge is -2.40. The second-order valence-electron chi connectivity index (χ2n) is 7.41. The first-order valence-corrected chi connectivity index (χ1v) is 8.58. The molecule has 1 amide bonds. The molecule has 0 radical (unpaired) electrons. The summed E-state index contributed by atoms with van der Waals surface area (Å²) < 4.78 is 10.4. The molecule has 0 aliphatic carbocycles. The number of rotatable bonds is 5. The van der Waals surface area contributed by atoms with E-state index in [2.05, 4.69) is 10.6 Å². The van der Waals surface area contributed by atoms with Crippen molar-refractivity contribution in [2.24, 2.45) is 0 Å². The number of amides is 1. The summed E-state index contributed by atoms with van der Waals surface area (Å²) in [7, 11) is 1.35. The number of hydrogen-bond acceptors (Lipinski definition) is 5. The van der Waals surface area contributed by atoms with Gasteiger partial charge in [0.05, 0.1) is 7.11 Å². The Hall–Kier alpha value is -1.92. The van der Waals surface area contributed by atoms with Crippen LogP contribution in [0.15, 0.2) is 30.3 Å². The highest BCUT2D eigenvalue weighted by atomic mass is 16.5. The van der Waals surface area contributed by atoms with Gasteiger partial charge in [-0.1, -0.05) is 30.3 Å². The first-order chi connectivity index (χ1) is 11.8. The third kappa shape index (κ3) is 5.03. The molecule has 138 valence electrons. The topological polar surface area (TPSA) is 76.7 Å². The normalized spacial score (nSPS) is 18.2. The highest BCUT2D eigenvalue weighted by Crippen LogP contribution is 2.27. The molecule has 0 aromatic heterocycles. The maximum atomic E-state index is 13.0. The van der Waals surface area contributed by atoms with Gasteiger partial charge in [0.15, 0.2) is 0 Å². The van der Waals surface area contributed by atoms with Gasteiger partial charge in [0.1, 0.15) is 11.6 Å². The van der Waals surface area contributed by atoms with Gasteiger partial charge in [-0.05, 0) is 39.2 Å². The Morgan fingerprint density at radius 3 is 2.28 bits per heavy atom. The van der Waals surface area contributed by atoms with Gasteiger partial charge in [-0.2, -0.15) is 0 Å². The number of methoxy groups -OCH3 is 1. The summed E-state index contributed by atoms with van der Waals surface area (Å²) in [5, 5.41) is 6.33. The van der Waals surface area contributed by atoms with Crippen molar-refractivity contribution in [3.05, 3.63) is 35.9 Å². The van der Waals surface area contributed by atoms with Crippen LogP contribution in [0.25, 0.3) is 0 Å². The molecule has 0 bridgehead atoms. The molecule has 1 fully saturated rings. The molecular formula is C19H28N2O4. The predicted molar refractivity (Wildman–Crippen MR) is 95.0 cm³/mol. The van der Waals surface area contributed by atoms with E-state index in [9.17, 15) is 9.59 Å². The van der Waals surface area contributed by atoms with E-state index < -0.39 is 17.6 Å². The Bertz CT molecular complexity index is 589. The van der Waals surface area contributed by atoms with Gasteiger partial charge in [-0.3, -0.25) is 10.1 Å². The molecule has 1 unspecified atom stereocenters. The quantitative estimate of drug-likeness (QED) is 0.796. The third-order valence-electron chi connectivity index (χ3n) is 4.26. The predicted octanol–water partition coefficient (Wildman–Crippen LogP) is 1.95. The van der Waals surface area contributed by atoms with E-state index in [4.69, 9.17) is 9.47 Å². The number of benzene rings is 1. The second kappa shape index (κ2) is 7.97. The van der Waals surface area contributed by atoms with Crippen molar-refractivity contribution in [1.82, 2.24) is 10.6 Å². The molecule has 1 aromatic carbocycles. The number of hydrogen-bond donors (Lipinski definition) is 2. The molecule has 1 heterocycles. The number of nitrogens with one attached hydrogen (secondary N) is 2. The molecule has 25 heavy (non-hydrogen) atoms. The average Bonchev–Trinajstić information content (AvgIpc) is 2.59. The standard InChI is InChI=1S/C19H28N2O4/c1-18(2,3)21-17(23)19(10-12-25-13-11-19)20-15(16(22)24-4)14-8-6-5-7-9-14/h5-9,15,20H,10-13H2,1-4H3,(H,21,23). The van der Waals surface area contributed by atoms with Gasteiger partial charge >= 0.3 is 5.97 Å². The molecule has 1 aromatic rings. The fourth-order valence-electron chi connectivity index (χ4n) is 2.94. The van der Waals surface area contributed by atoms with Crippen molar-refractivity contribution in [3.63, 3.8) is 0 Å². The maximum Gasteiger partial charge on any atom is 0.327 e. The lowest BCUT2D eigenvalue weighted by molar-refractivity contribution is -0.146. The van der Waals surface area contributed by atoms with E-state index >= 15 is 0 Å². The van der Waals surface area contributed by atoms with Crippen molar-refractivity contribution < 1.29 is 19.1 Å². The molecule has 2 rings (SSSR count). The van der Waals surface area contributed by atoms with Crippen LogP contribution >= 0.6 is 0 Å². The zero-order valence-corrected chi connectivity index (χ0v) is 15.4. The van der Waals surface area contributed by atoms with Crippen molar-refractivity contribution >= 4 is 11.9 Å². The summed E-state index contributed by atoms with van der Waals surface area (Å²) in [4.78, 5) is 25.4. The van der Waals surface area contributed by atoms with Crippen LogP contribution in [0.5, 0.6) is 0 Å². The fourth-order valence-corrected chi connectivity index (χ4v) is 2.94. The van der Waals surface area contributed by atoms with Crippen molar-refractivity contribution in [2.45, 2.75) is 50.7 Å². The van der Waals surface area contributed by atoms with Crippen LogP contribution in [0.4, 0.5) is 0 Å². The fraction of sp³-hybridized carbons (Fsp3) is 0.579. The minimum Gasteiger partial charge on any atom is -0.468 e. The van der Waals surface area contributed by atoms with Crippen molar-refractivity contribution in [1.29, 1.82) is 0 Å². The molecular weight excluding hydrogens is 320 g/mol. The Balaban J connectivity index is 2.32. The van der Waals surface area contributed by atoms with Crippen LogP contribution in [-0.2, 0) is 19.1 Å². The van der Waals surface area contributed by atoms with Crippen LogP contribution in [0.3, 0.4) is 0 Å². The minimum atomic E-state index is -0.875. The molecule has 0 saturated carbocycles. The van der Waals surface area contributed by atoms with Crippen LogP contribution < -0.4 is 10.6 Å². The summed E-state index contributed by atoms with van der Waals surface area (Å²) in [5.41, 5.74) is -0.471. The van der Waals surface area contributed by atoms with E-state index in [0.29, 0.717) is 26.1 Å². The maximum absolute atomic E-state index is 13.0. The molecule has 6 nitrogen and oxygen atoms in total. The summed E-state index contributed by atoms with van der Waals surface area (Å²) >= 11 is 0. The number of carbonyl (C=O) groups excluding carboxylic acids is 2. The van der Waals surface area contributed by atoms with Gasteiger partial charge in [-0.25, -0.2) is 4.79 Å². The van der Waals surface area contributed by atoms with Crippen LogP contribution in [-0.4, -0.2) is 43.3 Å². The van der Waals surface area contributed by atoms with Gasteiger partial charge in [0.2, 0.25) is 5.91 Å². The smallest absolute Gasteiger partial charge is 0.327 e. The molecule has 1 saturated heterocycles. The Morgan fingerprint density at radius 1 is 1.16 bits per heavy atom. The van der Waals surface area contributed by atoms with Gasteiger partial charge < -0.3 is 14.8 Å². The largest absolute Gasteiger partial charge is 0.468 e.